The van der Waals surface area contributed by atoms with Gasteiger partial charge in [-0.1, -0.05) is 35.5 Å². The summed E-state index contributed by atoms with van der Waals surface area (Å²) < 4.78 is 5.34. The molecule has 0 aliphatic carbocycles. The van der Waals surface area contributed by atoms with E-state index in [0.29, 0.717) is 30.6 Å². The molecular weight excluding hydrogens is 328 g/mol. The Morgan fingerprint density at radius 3 is 2.73 bits per heavy atom. The highest BCUT2D eigenvalue weighted by molar-refractivity contribution is 5.92. The lowest BCUT2D eigenvalue weighted by molar-refractivity contribution is 0.0931. The number of rotatable bonds is 8. The van der Waals surface area contributed by atoms with Gasteiger partial charge in [-0.2, -0.15) is 0 Å². The van der Waals surface area contributed by atoms with Gasteiger partial charge >= 0.3 is 0 Å². The first-order chi connectivity index (χ1) is 12.6. The molecule has 2 aromatic rings. The molecule has 1 aliphatic rings. The van der Waals surface area contributed by atoms with Crippen molar-refractivity contribution in [2.24, 2.45) is 0 Å². The molecule has 1 saturated heterocycles. The first kappa shape index (κ1) is 18.6. The van der Waals surface area contributed by atoms with Crippen molar-refractivity contribution in [2.75, 3.05) is 26.7 Å². The van der Waals surface area contributed by atoms with Crippen molar-refractivity contribution in [3.8, 4) is 0 Å². The number of hydrogen-bond donors (Lipinski definition) is 1. The number of aromatic nitrogens is 1. The van der Waals surface area contributed by atoms with E-state index in [1.165, 1.54) is 18.4 Å². The standard InChI is InChI=1S/C20H28N4O2/c1-16(24-10-6-7-11-24)13-21-20(25)19-12-18(26-22-19)15-23(2)14-17-8-4-3-5-9-17/h3-5,8-9,12,16H,6-7,10-11,13-15H2,1-2H3,(H,21,25). The van der Waals surface area contributed by atoms with Crippen LogP contribution in [0.3, 0.4) is 0 Å². The van der Waals surface area contributed by atoms with E-state index >= 15 is 0 Å². The van der Waals surface area contributed by atoms with Crippen molar-refractivity contribution in [3.05, 3.63) is 53.4 Å². The van der Waals surface area contributed by atoms with Crippen LogP contribution < -0.4 is 5.32 Å². The van der Waals surface area contributed by atoms with Crippen molar-refractivity contribution in [1.82, 2.24) is 20.3 Å². The maximum Gasteiger partial charge on any atom is 0.273 e. The van der Waals surface area contributed by atoms with Crippen LogP contribution >= 0.6 is 0 Å². The predicted molar refractivity (Wildman–Crippen MR) is 101 cm³/mol. The summed E-state index contributed by atoms with van der Waals surface area (Å²) in [4.78, 5) is 16.8. The number of benzene rings is 1. The Labute approximate surface area is 155 Å². The van der Waals surface area contributed by atoms with Gasteiger partial charge in [0, 0.05) is 25.2 Å². The van der Waals surface area contributed by atoms with Crippen molar-refractivity contribution >= 4 is 5.91 Å². The van der Waals surface area contributed by atoms with Crippen LogP contribution in [-0.4, -0.2) is 53.6 Å². The van der Waals surface area contributed by atoms with Gasteiger partial charge in [0.1, 0.15) is 0 Å². The number of carbonyl (C=O) groups excluding carboxylic acids is 1. The Morgan fingerprint density at radius 1 is 1.27 bits per heavy atom. The lowest BCUT2D eigenvalue weighted by Crippen LogP contribution is -2.40. The Bertz CT molecular complexity index is 695. The van der Waals surface area contributed by atoms with Gasteiger partial charge in [0.2, 0.25) is 0 Å². The van der Waals surface area contributed by atoms with Crippen LogP contribution in [0.15, 0.2) is 40.9 Å². The van der Waals surface area contributed by atoms with Crippen LogP contribution in [0.4, 0.5) is 0 Å². The molecule has 3 rings (SSSR count). The highest BCUT2D eigenvalue weighted by Crippen LogP contribution is 2.12. The maximum absolute atomic E-state index is 12.3. The fourth-order valence-corrected chi connectivity index (χ4v) is 3.35. The number of nitrogens with zero attached hydrogens (tertiary/aromatic N) is 3. The lowest BCUT2D eigenvalue weighted by atomic mass is 10.2. The topological polar surface area (TPSA) is 61.6 Å². The zero-order valence-electron chi connectivity index (χ0n) is 15.6. The number of carbonyl (C=O) groups is 1. The number of likely N-dealkylation sites (tertiary alicyclic amines) is 1. The van der Waals surface area contributed by atoms with Gasteiger partial charge in [-0.15, -0.1) is 0 Å². The van der Waals surface area contributed by atoms with Crippen LogP contribution in [0.5, 0.6) is 0 Å². The molecule has 26 heavy (non-hydrogen) atoms. The molecular formula is C20H28N4O2. The molecule has 1 fully saturated rings. The Hall–Kier alpha value is -2.18. The Balaban J connectivity index is 1.46. The molecule has 1 aromatic heterocycles. The number of hydrogen-bond acceptors (Lipinski definition) is 5. The summed E-state index contributed by atoms with van der Waals surface area (Å²) in [6.45, 7) is 6.46. The highest BCUT2D eigenvalue weighted by Gasteiger charge is 2.20. The number of nitrogens with one attached hydrogen (secondary N) is 1. The Morgan fingerprint density at radius 2 is 2.00 bits per heavy atom. The second-order valence-corrected chi connectivity index (χ2v) is 7.14. The molecule has 1 amide bonds. The molecule has 1 atom stereocenters. The number of amides is 1. The summed E-state index contributed by atoms with van der Waals surface area (Å²) >= 11 is 0. The molecule has 1 unspecified atom stereocenters. The van der Waals surface area contributed by atoms with Gasteiger partial charge in [-0.3, -0.25) is 14.6 Å². The zero-order valence-corrected chi connectivity index (χ0v) is 15.6. The summed E-state index contributed by atoms with van der Waals surface area (Å²) in [7, 11) is 2.02. The largest absolute Gasteiger partial charge is 0.359 e. The van der Waals surface area contributed by atoms with Gasteiger partial charge in [0.25, 0.3) is 5.91 Å². The summed E-state index contributed by atoms with van der Waals surface area (Å²) in [5.74, 6) is 0.526. The Kier molecular flexibility index (Phi) is 6.41. The molecule has 140 valence electrons. The molecule has 1 aromatic carbocycles. The molecule has 0 radical (unpaired) electrons. The fourth-order valence-electron chi connectivity index (χ4n) is 3.35. The van der Waals surface area contributed by atoms with E-state index in [1.807, 2.05) is 25.2 Å². The van der Waals surface area contributed by atoms with Crippen LogP contribution in [0, 0.1) is 0 Å². The summed E-state index contributed by atoms with van der Waals surface area (Å²) in [6, 6.07) is 12.3. The van der Waals surface area contributed by atoms with E-state index in [2.05, 4.69) is 39.3 Å². The third kappa shape index (κ3) is 5.16. The van der Waals surface area contributed by atoms with Crippen LogP contribution in [0.1, 0.15) is 41.6 Å². The molecule has 0 spiro atoms. The van der Waals surface area contributed by atoms with E-state index < -0.39 is 0 Å². The van der Waals surface area contributed by atoms with E-state index in [4.69, 9.17) is 4.52 Å². The first-order valence-electron chi connectivity index (χ1n) is 9.32. The molecule has 1 aliphatic heterocycles. The molecule has 0 bridgehead atoms. The normalized spacial score (nSPS) is 16.1. The van der Waals surface area contributed by atoms with Crippen molar-refractivity contribution in [3.63, 3.8) is 0 Å². The van der Waals surface area contributed by atoms with Crippen molar-refractivity contribution in [2.45, 2.75) is 38.9 Å². The highest BCUT2D eigenvalue weighted by atomic mass is 16.5. The average Bonchev–Trinajstić information content (AvgIpc) is 3.32. The fraction of sp³-hybridized carbons (Fsp3) is 0.500. The molecule has 6 nitrogen and oxygen atoms in total. The van der Waals surface area contributed by atoms with Gasteiger partial charge in [0.15, 0.2) is 11.5 Å². The summed E-state index contributed by atoms with van der Waals surface area (Å²) in [6.07, 6.45) is 2.50. The van der Waals surface area contributed by atoms with E-state index in [0.717, 1.165) is 19.6 Å². The molecule has 2 heterocycles. The second kappa shape index (κ2) is 8.96. The zero-order chi connectivity index (χ0) is 18.4. The smallest absolute Gasteiger partial charge is 0.273 e. The van der Waals surface area contributed by atoms with Gasteiger partial charge in [-0.05, 0) is 45.5 Å². The minimum Gasteiger partial charge on any atom is -0.359 e. The monoisotopic (exact) mass is 356 g/mol. The first-order valence-corrected chi connectivity index (χ1v) is 9.32. The summed E-state index contributed by atoms with van der Waals surface area (Å²) in [5, 5.41) is 6.89. The summed E-state index contributed by atoms with van der Waals surface area (Å²) in [5.41, 5.74) is 1.59. The molecule has 1 N–H and O–H groups in total. The van der Waals surface area contributed by atoms with Gasteiger partial charge < -0.3 is 9.84 Å². The lowest BCUT2D eigenvalue weighted by Gasteiger charge is -2.23. The van der Waals surface area contributed by atoms with E-state index in [-0.39, 0.29) is 5.91 Å². The third-order valence-electron chi connectivity index (χ3n) is 4.83. The second-order valence-electron chi connectivity index (χ2n) is 7.14. The predicted octanol–water partition coefficient (Wildman–Crippen LogP) is 2.52. The van der Waals surface area contributed by atoms with Crippen LogP contribution in [0.2, 0.25) is 0 Å². The van der Waals surface area contributed by atoms with Crippen LogP contribution in [-0.2, 0) is 13.1 Å². The molecule has 6 heteroatoms. The third-order valence-corrected chi connectivity index (χ3v) is 4.83. The van der Waals surface area contributed by atoms with Gasteiger partial charge in [-0.25, -0.2) is 0 Å². The maximum atomic E-state index is 12.3. The van der Waals surface area contributed by atoms with E-state index in [9.17, 15) is 4.79 Å². The quantitative estimate of drug-likeness (QED) is 0.787. The van der Waals surface area contributed by atoms with Gasteiger partial charge in [0.05, 0.1) is 6.54 Å². The minimum absolute atomic E-state index is 0.170. The van der Waals surface area contributed by atoms with Crippen LogP contribution in [0.25, 0.3) is 0 Å². The minimum atomic E-state index is -0.170. The SMILES string of the molecule is CC(CNC(=O)c1cc(CN(C)Cc2ccccc2)on1)N1CCCC1. The van der Waals surface area contributed by atoms with Crippen molar-refractivity contribution in [1.29, 1.82) is 0 Å². The van der Waals surface area contributed by atoms with Crippen molar-refractivity contribution < 1.29 is 9.32 Å². The average molecular weight is 356 g/mol. The molecule has 0 saturated carbocycles. The van der Waals surface area contributed by atoms with E-state index in [1.54, 1.807) is 6.07 Å².